The lowest BCUT2D eigenvalue weighted by molar-refractivity contribution is -0.183. The number of hydrazine groups is 2. The highest BCUT2D eigenvalue weighted by molar-refractivity contribution is 6.29. The molecule has 0 saturated carbocycles. The summed E-state index contributed by atoms with van der Waals surface area (Å²) in [4.78, 5) is 28.8. The standard InChI is InChI=1S/C6H8F6N4O4/c7-5(8,9)1-13-15-19-3(17)4(18)20-16-14-2-6(10,11)12/h13-16H,1-2H2. The lowest BCUT2D eigenvalue weighted by Gasteiger charge is -2.10. The normalized spacial score (nSPS) is 12.1. The fourth-order valence-electron chi connectivity index (χ4n) is 0.521. The second-order valence-corrected chi connectivity index (χ2v) is 2.92. The van der Waals surface area contributed by atoms with Gasteiger partial charge in [-0.1, -0.05) is 11.2 Å². The molecule has 0 atom stereocenters. The van der Waals surface area contributed by atoms with Crippen LogP contribution in [0.1, 0.15) is 0 Å². The maximum Gasteiger partial charge on any atom is 0.439 e. The molecule has 0 heterocycles. The summed E-state index contributed by atoms with van der Waals surface area (Å²) < 4.78 is 69.6. The van der Waals surface area contributed by atoms with Gasteiger partial charge in [-0.05, 0) is 0 Å². The summed E-state index contributed by atoms with van der Waals surface area (Å²) in [6.07, 6.45) is -9.19. The van der Waals surface area contributed by atoms with Crippen LogP contribution in [0.25, 0.3) is 0 Å². The number of carbonyl (C=O) groups excluding carboxylic acids is 2. The van der Waals surface area contributed by atoms with Gasteiger partial charge in [0, 0.05) is 0 Å². The first-order valence-corrected chi connectivity index (χ1v) is 4.52. The Kier molecular flexibility index (Phi) is 7.19. The third kappa shape index (κ3) is 11.5. The Morgan fingerprint density at radius 1 is 0.750 bits per heavy atom. The van der Waals surface area contributed by atoms with Crippen molar-refractivity contribution in [2.45, 2.75) is 12.4 Å². The number of hydrogen-bond acceptors (Lipinski definition) is 8. The molecule has 118 valence electrons. The number of rotatable bonds is 6. The van der Waals surface area contributed by atoms with Gasteiger partial charge >= 0.3 is 24.3 Å². The topological polar surface area (TPSA) is 101 Å². The summed E-state index contributed by atoms with van der Waals surface area (Å²) in [5, 5.41) is 0. The van der Waals surface area contributed by atoms with Crippen LogP contribution in [0.2, 0.25) is 0 Å². The van der Waals surface area contributed by atoms with Crippen LogP contribution in [-0.2, 0) is 19.3 Å². The first-order valence-electron chi connectivity index (χ1n) is 4.52. The van der Waals surface area contributed by atoms with Gasteiger partial charge in [-0.25, -0.2) is 20.4 Å². The maximum atomic E-state index is 11.6. The van der Waals surface area contributed by atoms with Crippen molar-refractivity contribution >= 4 is 11.9 Å². The van der Waals surface area contributed by atoms with Crippen LogP contribution in [0.15, 0.2) is 0 Å². The summed E-state index contributed by atoms with van der Waals surface area (Å²) in [7, 11) is 0. The van der Waals surface area contributed by atoms with Gasteiger partial charge in [-0.3, -0.25) is 0 Å². The van der Waals surface area contributed by atoms with Crippen molar-refractivity contribution in [3.05, 3.63) is 0 Å². The average molecular weight is 314 g/mol. The molecule has 0 rings (SSSR count). The molecule has 8 nitrogen and oxygen atoms in total. The Labute approximate surface area is 106 Å². The van der Waals surface area contributed by atoms with Crippen LogP contribution in [0.4, 0.5) is 26.3 Å². The minimum atomic E-state index is -4.59. The molecule has 0 aliphatic heterocycles. The van der Waals surface area contributed by atoms with E-state index in [-0.39, 0.29) is 0 Å². The molecule has 20 heavy (non-hydrogen) atoms. The smallest absolute Gasteiger partial charge is 0.346 e. The molecule has 0 aliphatic carbocycles. The summed E-state index contributed by atoms with van der Waals surface area (Å²) in [5.74, 6) is -3.61. The van der Waals surface area contributed by atoms with Gasteiger partial charge in [0.15, 0.2) is 0 Å². The number of hydrogen-bond donors (Lipinski definition) is 4. The van der Waals surface area contributed by atoms with Gasteiger partial charge in [0.05, 0.1) is 0 Å². The van der Waals surface area contributed by atoms with E-state index in [4.69, 9.17) is 0 Å². The third-order valence-corrected chi connectivity index (χ3v) is 1.18. The van der Waals surface area contributed by atoms with Crippen LogP contribution in [-0.4, -0.2) is 37.4 Å². The molecule has 4 N–H and O–H groups in total. The minimum absolute atomic E-state index is 1.29. The highest BCUT2D eigenvalue weighted by atomic mass is 19.4. The van der Waals surface area contributed by atoms with Crippen molar-refractivity contribution < 1.29 is 45.6 Å². The number of alkyl halides is 6. The molecule has 0 radical (unpaired) electrons. The minimum Gasteiger partial charge on any atom is -0.346 e. The molecule has 0 aromatic carbocycles. The predicted octanol–water partition coefficient (Wildman–Crippen LogP) is -0.784. The van der Waals surface area contributed by atoms with Crippen LogP contribution >= 0.6 is 0 Å². The number of nitrogens with one attached hydrogen (secondary N) is 4. The highest BCUT2D eigenvalue weighted by Gasteiger charge is 2.28. The van der Waals surface area contributed by atoms with Gasteiger partial charge in [-0.15, -0.1) is 0 Å². The van der Waals surface area contributed by atoms with E-state index in [0.717, 1.165) is 0 Å². The van der Waals surface area contributed by atoms with Crippen molar-refractivity contribution in [2.24, 2.45) is 0 Å². The first kappa shape index (κ1) is 18.4. The van der Waals surface area contributed by atoms with Crippen LogP contribution in [0, 0.1) is 0 Å². The molecule has 0 unspecified atom stereocenters. The molecule has 0 aromatic rings. The summed E-state index contributed by atoms with van der Waals surface area (Å²) in [6.45, 7) is -3.14. The molecular formula is C6H8F6N4O4. The molecular weight excluding hydrogens is 306 g/mol. The zero-order valence-electron chi connectivity index (χ0n) is 9.31. The quantitative estimate of drug-likeness (QED) is 0.219. The van der Waals surface area contributed by atoms with Crippen molar-refractivity contribution in [3.63, 3.8) is 0 Å². The van der Waals surface area contributed by atoms with E-state index in [1.165, 1.54) is 22.0 Å². The SMILES string of the molecule is O=C(ONNCC(F)(F)F)C(=O)ONNCC(F)(F)F. The van der Waals surface area contributed by atoms with E-state index in [1.54, 1.807) is 0 Å². The molecule has 0 aliphatic rings. The van der Waals surface area contributed by atoms with E-state index >= 15 is 0 Å². The number of halogens is 6. The Balaban J connectivity index is 3.70. The van der Waals surface area contributed by atoms with Crippen molar-refractivity contribution in [3.8, 4) is 0 Å². The Hall–Kier alpha value is -1.64. The Bertz CT molecular complexity index is 300. The molecule has 14 heteroatoms. The van der Waals surface area contributed by atoms with Crippen LogP contribution in [0.5, 0.6) is 0 Å². The molecule has 0 saturated heterocycles. The highest BCUT2D eigenvalue weighted by Crippen LogP contribution is 2.12. The van der Waals surface area contributed by atoms with Gasteiger partial charge < -0.3 is 9.68 Å². The fourth-order valence-corrected chi connectivity index (χ4v) is 0.521. The van der Waals surface area contributed by atoms with Gasteiger partial charge in [0.25, 0.3) is 0 Å². The fraction of sp³-hybridized carbons (Fsp3) is 0.667. The van der Waals surface area contributed by atoms with E-state index in [9.17, 15) is 35.9 Å². The van der Waals surface area contributed by atoms with Crippen molar-refractivity contribution in [2.75, 3.05) is 13.1 Å². The average Bonchev–Trinajstić information content (AvgIpc) is 2.27. The molecule has 0 amide bonds. The molecule has 0 aromatic heterocycles. The lowest BCUT2D eigenvalue weighted by atomic mass is 10.7. The van der Waals surface area contributed by atoms with E-state index < -0.39 is 37.4 Å². The monoisotopic (exact) mass is 314 g/mol. The summed E-state index contributed by atoms with van der Waals surface area (Å²) >= 11 is 0. The second kappa shape index (κ2) is 7.83. The Morgan fingerprint density at radius 2 is 1.05 bits per heavy atom. The van der Waals surface area contributed by atoms with Gasteiger partial charge in [0.2, 0.25) is 0 Å². The summed E-state index contributed by atoms with van der Waals surface area (Å²) in [5.41, 5.74) is 5.35. The summed E-state index contributed by atoms with van der Waals surface area (Å²) in [6, 6.07) is 0. The van der Waals surface area contributed by atoms with E-state index in [1.807, 2.05) is 0 Å². The lowest BCUT2D eigenvalue weighted by Crippen LogP contribution is -2.44. The van der Waals surface area contributed by atoms with E-state index in [2.05, 4.69) is 9.68 Å². The molecule has 0 fully saturated rings. The largest absolute Gasteiger partial charge is 0.439 e. The van der Waals surface area contributed by atoms with Gasteiger partial charge in [0.1, 0.15) is 13.1 Å². The number of carbonyl (C=O) groups is 2. The Morgan fingerprint density at radius 3 is 1.30 bits per heavy atom. The maximum absolute atomic E-state index is 11.6. The predicted molar refractivity (Wildman–Crippen MR) is 46.6 cm³/mol. The van der Waals surface area contributed by atoms with Crippen molar-refractivity contribution in [1.82, 2.24) is 22.0 Å². The zero-order chi connectivity index (χ0) is 15.8. The second-order valence-electron chi connectivity index (χ2n) is 2.92. The van der Waals surface area contributed by atoms with Gasteiger partial charge in [-0.2, -0.15) is 26.3 Å². The zero-order valence-corrected chi connectivity index (χ0v) is 9.31. The van der Waals surface area contributed by atoms with Crippen LogP contribution < -0.4 is 22.0 Å². The van der Waals surface area contributed by atoms with E-state index in [0.29, 0.717) is 0 Å². The first-order chi connectivity index (χ1) is 9.01. The molecule has 0 spiro atoms. The molecule has 0 bridgehead atoms. The third-order valence-electron chi connectivity index (χ3n) is 1.18. The van der Waals surface area contributed by atoms with Crippen LogP contribution in [0.3, 0.4) is 0 Å². The van der Waals surface area contributed by atoms with Crippen molar-refractivity contribution in [1.29, 1.82) is 0 Å².